The van der Waals surface area contributed by atoms with Gasteiger partial charge in [0.15, 0.2) is 0 Å². The van der Waals surface area contributed by atoms with E-state index in [-0.39, 0.29) is 20.9 Å². The van der Waals surface area contributed by atoms with Gasteiger partial charge >= 0.3 is 0 Å². The smallest absolute Gasteiger partial charge is 0.295 e. The molecule has 13 heteroatoms. The number of nitrogens with zero attached hydrogens (tertiary/aromatic N) is 4. The molecule has 0 saturated heterocycles. The molecule has 6 rings (SSSR count). The Morgan fingerprint density at radius 3 is 1.71 bits per heavy atom. The van der Waals surface area contributed by atoms with Crippen LogP contribution in [0.5, 0.6) is 0 Å². The molecule has 0 spiro atoms. The van der Waals surface area contributed by atoms with Crippen molar-refractivity contribution in [1.29, 1.82) is 0 Å². The van der Waals surface area contributed by atoms with E-state index in [9.17, 15) is 25.9 Å². The van der Waals surface area contributed by atoms with Gasteiger partial charge < -0.3 is 5.32 Å². The highest BCUT2D eigenvalue weighted by molar-refractivity contribution is 7.86. The van der Waals surface area contributed by atoms with E-state index in [1.807, 2.05) is 54.6 Å². The van der Waals surface area contributed by atoms with E-state index < -0.39 is 20.2 Å². The maximum absolute atomic E-state index is 12.3. The zero-order valence-electron chi connectivity index (χ0n) is 23.2. The third-order valence-corrected chi connectivity index (χ3v) is 8.59. The largest absolute Gasteiger partial charge is 0.355 e. The fourth-order valence-corrected chi connectivity index (χ4v) is 6.06. The molecule has 0 bridgehead atoms. The second-order valence-corrected chi connectivity index (χ2v) is 12.6. The molecular weight excluding hydrogens is 615 g/mol. The van der Waals surface area contributed by atoms with E-state index in [0.29, 0.717) is 38.9 Å². The molecule has 0 unspecified atom stereocenters. The minimum Gasteiger partial charge on any atom is -0.355 e. The average molecular weight is 638 g/mol. The molecule has 45 heavy (non-hydrogen) atoms. The summed E-state index contributed by atoms with van der Waals surface area (Å²) in [5.41, 5.74) is 2.80. The van der Waals surface area contributed by atoms with Crippen LogP contribution in [0.2, 0.25) is 0 Å². The fourth-order valence-electron chi connectivity index (χ4n) is 4.81. The van der Waals surface area contributed by atoms with Crippen molar-refractivity contribution in [3.05, 3.63) is 121 Å². The Kier molecular flexibility index (Phi) is 7.91. The SMILES string of the molecule is O=S(=O)(O)c1cccc(N=Nc2ccc(N=Nc3ccc(Nc4ccccc4)c4c(S(=O)(=O)O)cccc34)c3ccccc23)c1. The Morgan fingerprint density at radius 1 is 0.511 bits per heavy atom. The lowest BCUT2D eigenvalue weighted by Crippen LogP contribution is -2.01. The Bertz CT molecular complexity index is 2360. The monoisotopic (exact) mass is 637 g/mol. The number of nitrogens with one attached hydrogen (secondary N) is 1. The maximum atomic E-state index is 12.3. The lowest BCUT2D eigenvalue weighted by Gasteiger charge is -2.14. The van der Waals surface area contributed by atoms with E-state index >= 15 is 0 Å². The van der Waals surface area contributed by atoms with Crippen molar-refractivity contribution in [2.24, 2.45) is 20.5 Å². The number of hydrogen-bond donors (Lipinski definition) is 3. The molecule has 0 aliphatic rings. The van der Waals surface area contributed by atoms with Crippen LogP contribution < -0.4 is 5.32 Å². The van der Waals surface area contributed by atoms with Gasteiger partial charge in [0, 0.05) is 32.9 Å². The third-order valence-electron chi connectivity index (χ3n) is 6.84. The molecule has 0 fully saturated rings. The molecule has 0 amide bonds. The molecule has 0 aromatic heterocycles. The van der Waals surface area contributed by atoms with E-state index in [0.717, 1.165) is 5.69 Å². The van der Waals surface area contributed by atoms with Crippen molar-refractivity contribution >= 4 is 75.9 Å². The minimum atomic E-state index is -4.57. The van der Waals surface area contributed by atoms with Crippen molar-refractivity contribution in [1.82, 2.24) is 0 Å². The van der Waals surface area contributed by atoms with E-state index in [4.69, 9.17) is 0 Å². The standard InChI is InChI=1S/C32H23N5O6S2/c38-44(39,40)23-11-6-10-22(20-23)34-35-27-16-17-28(25-13-5-4-12-24(25)27)36-37-29-18-19-30(33-21-8-2-1-3-9-21)32-26(29)14-7-15-31(32)45(41,42)43/h1-20,33H,(H,38,39,40)(H,41,42,43). The molecule has 0 aliphatic heterocycles. The van der Waals surface area contributed by atoms with Crippen molar-refractivity contribution < 1.29 is 25.9 Å². The van der Waals surface area contributed by atoms with Crippen LogP contribution >= 0.6 is 0 Å². The minimum absolute atomic E-state index is 0.235. The Hall–Kier alpha value is -5.34. The van der Waals surface area contributed by atoms with Crippen molar-refractivity contribution in [3.8, 4) is 0 Å². The summed E-state index contributed by atoms with van der Waals surface area (Å²) in [5, 5.41) is 22.7. The first-order chi connectivity index (χ1) is 21.6. The molecule has 6 aromatic rings. The van der Waals surface area contributed by atoms with Crippen molar-refractivity contribution in [2.45, 2.75) is 9.79 Å². The van der Waals surface area contributed by atoms with Crippen LogP contribution in [-0.4, -0.2) is 25.9 Å². The topological polar surface area (TPSA) is 170 Å². The van der Waals surface area contributed by atoms with Gasteiger partial charge in [0.1, 0.15) is 4.90 Å². The first-order valence-electron chi connectivity index (χ1n) is 13.4. The quantitative estimate of drug-likeness (QED) is 0.110. The van der Waals surface area contributed by atoms with Gasteiger partial charge in [0.25, 0.3) is 20.2 Å². The highest BCUT2D eigenvalue weighted by Gasteiger charge is 2.19. The van der Waals surface area contributed by atoms with Crippen molar-refractivity contribution in [3.63, 3.8) is 0 Å². The summed E-state index contributed by atoms with van der Waals surface area (Å²) in [4.78, 5) is -0.558. The first-order valence-corrected chi connectivity index (χ1v) is 16.2. The van der Waals surface area contributed by atoms with Crippen LogP contribution in [0.25, 0.3) is 21.5 Å². The van der Waals surface area contributed by atoms with Crippen LogP contribution in [0.1, 0.15) is 0 Å². The fraction of sp³-hybridized carbons (Fsp3) is 0. The van der Waals surface area contributed by atoms with Crippen LogP contribution in [0.4, 0.5) is 34.1 Å². The van der Waals surface area contributed by atoms with Crippen LogP contribution in [0, 0.1) is 0 Å². The van der Waals surface area contributed by atoms with Gasteiger partial charge in [-0.2, -0.15) is 21.9 Å². The number of fused-ring (bicyclic) bond motifs is 2. The molecule has 0 heterocycles. The Balaban J connectivity index is 1.40. The number of anilines is 2. The number of benzene rings is 6. The summed E-state index contributed by atoms with van der Waals surface area (Å²) in [7, 11) is -8.96. The molecule has 0 aliphatic carbocycles. The highest BCUT2D eigenvalue weighted by atomic mass is 32.2. The van der Waals surface area contributed by atoms with E-state index in [1.165, 1.54) is 30.3 Å². The van der Waals surface area contributed by atoms with Gasteiger partial charge in [0.05, 0.1) is 27.6 Å². The zero-order chi connectivity index (χ0) is 31.6. The number of rotatable bonds is 8. The predicted octanol–water partition coefficient (Wildman–Crippen LogP) is 9.06. The maximum Gasteiger partial charge on any atom is 0.295 e. The summed E-state index contributed by atoms with van der Waals surface area (Å²) >= 11 is 0. The summed E-state index contributed by atoms with van der Waals surface area (Å²) in [6, 6.07) is 33.3. The molecule has 11 nitrogen and oxygen atoms in total. The first kappa shape index (κ1) is 29.7. The van der Waals surface area contributed by atoms with Gasteiger partial charge in [-0.25, -0.2) is 0 Å². The molecule has 0 atom stereocenters. The molecule has 6 aromatic carbocycles. The van der Waals surface area contributed by atoms with Gasteiger partial charge in [-0.15, -0.1) is 15.3 Å². The second kappa shape index (κ2) is 12.0. The van der Waals surface area contributed by atoms with Gasteiger partial charge in [0.2, 0.25) is 0 Å². The van der Waals surface area contributed by atoms with E-state index in [2.05, 4.69) is 25.8 Å². The highest BCUT2D eigenvalue weighted by Crippen LogP contribution is 2.40. The Morgan fingerprint density at radius 2 is 1.07 bits per heavy atom. The molecule has 0 radical (unpaired) electrons. The number of azo groups is 2. The van der Waals surface area contributed by atoms with Crippen molar-refractivity contribution in [2.75, 3.05) is 5.32 Å². The Labute approximate surface area is 258 Å². The lowest BCUT2D eigenvalue weighted by atomic mass is 10.1. The van der Waals surface area contributed by atoms with Crippen LogP contribution in [-0.2, 0) is 20.2 Å². The molecular formula is C32H23N5O6S2. The van der Waals surface area contributed by atoms with Gasteiger partial charge in [-0.3, -0.25) is 9.11 Å². The second-order valence-electron chi connectivity index (χ2n) is 9.80. The van der Waals surface area contributed by atoms with Gasteiger partial charge in [-0.1, -0.05) is 60.7 Å². The molecule has 3 N–H and O–H groups in total. The van der Waals surface area contributed by atoms with Crippen LogP contribution in [0.15, 0.2) is 152 Å². The number of hydrogen-bond acceptors (Lipinski definition) is 9. The average Bonchev–Trinajstić information content (AvgIpc) is 3.03. The predicted molar refractivity (Wildman–Crippen MR) is 172 cm³/mol. The molecule has 0 saturated carbocycles. The summed E-state index contributed by atoms with van der Waals surface area (Å²) in [6.45, 7) is 0. The number of para-hydroxylation sites is 1. The summed E-state index contributed by atoms with van der Waals surface area (Å²) < 4.78 is 67.0. The summed E-state index contributed by atoms with van der Waals surface area (Å²) in [5.74, 6) is 0. The summed E-state index contributed by atoms with van der Waals surface area (Å²) in [6.07, 6.45) is 0. The normalized spacial score (nSPS) is 12.4. The third kappa shape index (κ3) is 6.46. The lowest BCUT2D eigenvalue weighted by molar-refractivity contribution is 0.481. The van der Waals surface area contributed by atoms with Gasteiger partial charge in [-0.05, 0) is 60.7 Å². The van der Waals surface area contributed by atoms with Crippen LogP contribution in [0.3, 0.4) is 0 Å². The zero-order valence-corrected chi connectivity index (χ0v) is 24.8. The molecule has 224 valence electrons. The van der Waals surface area contributed by atoms with E-state index in [1.54, 1.807) is 36.4 Å².